The molecule has 0 saturated carbocycles. The molecule has 0 aliphatic heterocycles. The van der Waals surface area contributed by atoms with Crippen molar-refractivity contribution in [1.82, 2.24) is 24.8 Å². The van der Waals surface area contributed by atoms with E-state index in [9.17, 15) is 0 Å². The summed E-state index contributed by atoms with van der Waals surface area (Å²) in [5, 5.41) is 6.65. The Morgan fingerprint density at radius 3 is 2.79 bits per heavy atom. The average molecular weight is 415 g/mol. The van der Waals surface area contributed by atoms with Gasteiger partial charge >= 0.3 is 0 Å². The molecule has 0 aromatic carbocycles. The van der Waals surface area contributed by atoms with E-state index in [1.165, 1.54) is 10.6 Å². The Hall–Kier alpha value is -2.03. The first-order valence-electron chi connectivity index (χ1n) is 9.21. The van der Waals surface area contributed by atoms with Crippen LogP contribution in [0.5, 0.6) is 0 Å². The number of pyridine rings is 1. The van der Waals surface area contributed by atoms with Gasteiger partial charge in [0.05, 0.1) is 11.4 Å². The summed E-state index contributed by atoms with van der Waals surface area (Å²) in [4.78, 5) is 20.0. The molecule has 0 atom stereocenters. The number of aromatic nitrogens is 4. The predicted octanol–water partition coefficient (Wildman–Crippen LogP) is 3.63. The van der Waals surface area contributed by atoms with E-state index in [1.54, 1.807) is 11.3 Å². The van der Waals surface area contributed by atoms with Crippen LogP contribution < -0.4 is 5.32 Å². The zero-order chi connectivity index (χ0) is 19.8. The highest BCUT2D eigenvalue weighted by atomic mass is 32.2. The Morgan fingerprint density at radius 1 is 1.11 bits per heavy atom. The van der Waals surface area contributed by atoms with Crippen LogP contribution in [0.25, 0.3) is 0 Å². The average Bonchev–Trinajstić information content (AvgIpc) is 3.08. The first-order chi connectivity index (χ1) is 13.6. The van der Waals surface area contributed by atoms with Crippen molar-refractivity contribution >= 4 is 29.0 Å². The molecule has 0 fully saturated rings. The Labute approximate surface area is 174 Å². The van der Waals surface area contributed by atoms with Crippen molar-refractivity contribution in [3.8, 4) is 0 Å². The molecule has 0 aliphatic carbocycles. The van der Waals surface area contributed by atoms with Gasteiger partial charge in [-0.15, -0.1) is 11.3 Å². The minimum atomic E-state index is 0.686. The normalized spacial score (nSPS) is 11.1. The molecular weight excluding hydrogens is 388 g/mol. The molecule has 3 aromatic heterocycles. The van der Waals surface area contributed by atoms with Crippen LogP contribution in [0.15, 0.2) is 36.0 Å². The molecule has 28 heavy (non-hydrogen) atoms. The van der Waals surface area contributed by atoms with Crippen LogP contribution in [0.1, 0.15) is 27.7 Å². The molecule has 0 bridgehead atoms. The van der Waals surface area contributed by atoms with E-state index in [0.717, 1.165) is 48.1 Å². The van der Waals surface area contributed by atoms with Gasteiger partial charge in [-0.3, -0.25) is 4.98 Å². The van der Waals surface area contributed by atoms with Gasteiger partial charge in [0.15, 0.2) is 0 Å². The highest BCUT2D eigenvalue weighted by Crippen LogP contribution is 2.17. The summed E-state index contributed by atoms with van der Waals surface area (Å²) in [6, 6.07) is 6.08. The molecule has 148 valence electrons. The van der Waals surface area contributed by atoms with Crippen molar-refractivity contribution in [3.63, 3.8) is 0 Å². The lowest BCUT2D eigenvalue weighted by Gasteiger charge is -2.07. The summed E-state index contributed by atoms with van der Waals surface area (Å²) in [5.41, 5.74) is 4.41. The summed E-state index contributed by atoms with van der Waals surface area (Å²) in [6.07, 6.45) is 4.44. The number of nitrogens with one attached hydrogen (secondary N) is 1. The molecule has 3 rings (SSSR count). The number of rotatable bonds is 10. The quantitative estimate of drug-likeness (QED) is 0.508. The SMILES string of the molecule is Cc1cc(Cc2ccnc(NCCSCc3csc(CN(C)C)n3)n2)ccn1. The van der Waals surface area contributed by atoms with Crippen LogP contribution in [0, 0.1) is 6.92 Å². The lowest BCUT2D eigenvalue weighted by atomic mass is 10.1. The van der Waals surface area contributed by atoms with Gasteiger partial charge in [0.1, 0.15) is 5.01 Å². The highest BCUT2D eigenvalue weighted by Gasteiger charge is 2.04. The molecule has 0 spiro atoms. The minimum Gasteiger partial charge on any atom is -0.353 e. The maximum atomic E-state index is 4.67. The molecule has 0 radical (unpaired) electrons. The summed E-state index contributed by atoms with van der Waals surface area (Å²) in [7, 11) is 4.13. The summed E-state index contributed by atoms with van der Waals surface area (Å²) in [6.45, 7) is 3.74. The monoisotopic (exact) mass is 414 g/mol. The van der Waals surface area contributed by atoms with Crippen LogP contribution >= 0.6 is 23.1 Å². The fourth-order valence-corrected chi connectivity index (χ4v) is 4.44. The number of thiazole rings is 1. The Kier molecular flexibility index (Phi) is 7.76. The predicted molar refractivity (Wildman–Crippen MR) is 118 cm³/mol. The number of aryl methyl sites for hydroxylation is 1. The second-order valence-electron chi connectivity index (χ2n) is 6.80. The largest absolute Gasteiger partial charge is 0.353 e. The molecule has 6 nitrogen and oxygen atoms in total. The summed E-state index contributed by atoms with van der Waals surface area (Å²) in [5.74, 6) is 2.61. The molecule has 1 N–H and O–H groups in total. The van der Waals surface area contributed by atoms with Crippen LogP contribution in [0.2, 0.25) is 0 Å². The van der Waals surface area contributed by atoms with Gasteiger partial charge in [0.2, 0.25) is 5.95 Å². The van der Waals surface area contributed by atoms with Crippen molar-refractivity contribution in [2.45, 2.75) is 25.6 Å². The van der Waals surface area contributed by atoms with Crippen LogP contribution in [-0.2, 0) is 18.7 Å². The molecular formula is C20H26N6S2. The van der Waals surface area contributed by atoms with E-state index in [-0.39, 0.29) is 0 Å². The first kappa shape index (κ1) is 20.7. The number of anilines is 1. The van der Waals surface area contributed by atoms with E-state index in [1.807, 2.05) is 43.2 Å². The van der Waals surface area contributed by atoms with Gasteiger partial charge in [-0.2, -0.15) is 11.8 Å². The van der Waals surface area contributed by atoms with Crippen molar-refractivity contribution in [2.24, 2.45) is 0 Å². The van der Waals surface area contributed by atoms with Crippen LogP contribution in [0.3, 0.4) is 0 Å². The molecule has 8 heteroatoms. The summed E-state index contributed by atoms with van der Waals surface area (Å²) < 4.78 is 0. The topological polar surface area (TPSA) is 66.8 Å². The van der Waals surface area contributed by atoms with Crippen molar-refractivity contribution in [2.75, 3.05) is 31.7 Å². The maximum absolute atomic E-state index is 4.67. The summed E-state index contributed by atoms with van der Waals surface area (Å²) >= 11 is 3.61. The van der Waals surface area contributed by atoms with Gasteiger partial charge in [0.25, 0.3) is 0 Å². The van der Waals surface area contributed by atoms with Gasteiger partial charge in [-0.05, 0) is 44.8 Å². The van der Waals surface area contributed by atoms with Crippen molar-refractivity contribution in [1.29, 1.82) is 0 Å². The van der Waals surface area contributed by atoms with Crippen molar-refractivity contribution < 1.29 is 0 Å². The smallest absolute Gasteiger partial charge is 0.222 e. The molecule has 3 aromatic rings. The zero-order valence-corrected chi connectivity index (χ0v) is 18.2. The van der Waals surface area contributed by atoms with Crippen LogP contribution in [0.4, 0.5) is 5.95 Å². The van der Waals surface area contributed by atoms with Gasteiger partial charge in [-0.25, -0.2) is 15.0 Å². The van der Waals surface area contributed by atoms with Crippen molar-refractivity contribution in [3.05, 3.63) is 63.6 Å². The first-order valence-corrected chi connectivity index (χ1v) is 11.2. The van der Waals surface area contributed by atoms with E-state index in [2.05, 4.69) is 55.7 Å². The molecule has 0 aliphatic rings. The number of thioether (sulfide) groups is 1. The molecule has 3 heterocycles. The lowest BCUT2D eigenvalue weighted by Crippen LogP contribution is -2.10. The minimum absolute atomic E-state index is 0.686. The molecule has 0 amide bonds. The fourth-order valence-electron chi connectivity index (χ4n) is 2.67. The fraction of sp³-hybridized carbons (Fsp3) is 0.400. The third kappa shape index (κ3) is 6.85. The Bertz CT molecular complexity index is 880. The van der Waals surface area contributed by atoms with Gasteiger partial charge in [-0.1, -0.05) is 0 Å². The third-order valence-electron chi connectivity index (χ3n) is 3.89. The van der Waals surface area contributed by atoms with E-state index in [4.69, 9.17) is 0 Å². The van der Waals surface area contributed by atoms with Gasteiger partial charge in [0, 0.05) is 54.5 Å². The highest BCUT2D eigenvalue weighted by molar-refractivity contribution is 7.98. The van der Waals surface area contributed by atoms with Gasteiger partial charge < -0.3 is 10.2 Å². The number of nitrogens with zero attached hydrogens (tertiary/aromatic N) is 5. The standard InChI is InChI=1S/C20H26N6S2/c1-15-10-16(4-6-21-15)11-17-5-7-22-20(25-17)23-8-9-27-13-18-14-28-19(24-18)12-26(2)3/h4-7,10,14H,8-9,11-13H2,1-3H3,(H,22,23,25). The molecule has 0 saturated heterocycles. The second kappa shape index (κ2) is 10.5. The lowest BCUT2D eigenvalue weighted by molar-refractivity contribution is 0.401. The number of hydrogen-bond acceptors (Lipinski definition) is 8. The second-order valence-corrected chi connectivity index (χ2v) is 8.85. The van der Waals surface area contributed by atoms with E-state index in [0.29, 0.717) is 5.95 Å². The van der Waals surface area contributed by atoms with Crippen LogP contribution in [-0.4, -0.2) is 51.2 Å². The third-order valence-corrected chi connectivity index (χ3v) is 5.76. The molecule has 0 unspecified atom stereocenters. The maximum Gasteiger partial charge on any atom is 0.222 e. The van der Waals surface area contributed by atoms with E-state index < -0.39 is 0 Å². The Morgan fingerprint density at radius 2 is 1.96 bits per heavy atom. The Balaban J connectivity index is 1.41. The number of hydrogen-bond donors (Lipinski definition) is 1. The van der Waals surface area contributed by atoms with E-state index >= 15 is 0 Å². The zero-order valence-electron chi connectivity index (χ0n) is 16.6.